The summed E-state index contributed by atoms with van der Waals surface area (Å²) in [5, 5.41) is 6.19. The van der Waals surface area contributed by atoms with Crippen molar-refractivity contribution in [2.75, 3.05) is 5.32 Å². The first-order valence-electron chi connectivity index (χ1n) is 9.24. The third-order valence-electron chi connectivity index (χ3n) is 4.74. The van der Waals surface area contributed by atoms with Crippen molar-refractivity contribution < 1.29 is 4.79 Å². The number of allylic oxidation sites excluding steroid dienone is 1. The second kappa shape index (κ2) is 8.22. The van der Waals surface area contributed by atoms with Crippen LogP contribution in [0.25, 0.3) is 5.57 Å². The van der Waals surface area contributed by atoms with Gasteiger partial charge in [-0.2, -0.15) is 0 Å². The third kappa shape index (κ3) is 4.54. The minimum Gasteiger partial charge on any atom is -0.329 e. The highest BCUT2D eigenvalue weighted by molar-refractivity contribution is 5.91. The zero-order valence-electron chi connectivity index (χ0n) is 16.6. The lowest BCUT2D eigenvalue weighted by Crippen LogP contribution is -2.43. The second-order valence-electron chi connectivity index (χ2n) is 7.22. The topological polar surface area (TPSA) is 41.1 Å². The largest absolute Gasteiger partial charge is 0.329 e. The van der Waals surface area contributed by atoms with Crippen molar-refractivity contribution in [2.45, 2.75) is 53.0 Å². The van der Waals surface area contributed by atoms with Crippen molar-refractivity contribution in [3.63, 3.8) is 0 Å². The summed E-state index contributed by atoms with van der Waals surface area (Å²) in [6, 6.07) is 14.1. The van der Waals surface area contributed by atoms with Crippen molar-refractivity contribution in [2.24, 2.45) is 0 Å². The van der Waals surface area contributed by atoms with Crippen molar-refractivity contribution in [3.05, 3.63) is 71.3 Å². The summed E-state index contributed by atoms with van der Waals surface area (Å²) >= 11 is 0. The van der Waals surface area contributed by atoms with Gasteiger partial charge >= 0.3 is 6.03 Å². The molecule has 0 aromatic heterocycles. The maximum atomic E-state index is 12.7. The summed E-state index contributed by atoms with van der Waals surface area (Å²) in [4.78, 5) is 12.7. The monoisotopic (exact) mass is 350 g/mol. The molecule has 0 saturated heterocycles. The molecule has 0 aliphatic carbocycles. The minimum absolute atomic E-state index is 0.189. The molecular formula is C23H30N2O. The number of carbonyl (C=O) groups excluding carboxylic acids is 1. The van der Waals surface area contributed by atoms with Gasteiger partial charge in [-0.15, -0.1) is 0 Å². The van der Waals surface area contributed by atoms with Crippen LogP contribution in [0.15, 0.2) is 49.0 Å². The van der Waals surface area contributed by atoms with Crippen LogP contribution in [0.5, 0.6) is 0 Å². The lowest BCUT2D eigenvalue weighted by Gasteiger charge is -2.28. The minimum atomic E-state index is -0.497. The molecule has 0 aliphatic heterocycles. The summed E-state index contributed by atoms with van der Waals surface area (Å²) in [6.45, 7) is 14.2. The molecule has 26 heavy (non-hydrogen) atoms. The summed E-state index contributed by atoms with van der Waals surface area (Å²) in [5.74, 6) is 0. The van der Waals surface area contributed by atoms with E-state index in [1.165, 1.54) is 0 Å². The number of urea groups is 1. The van der Waals surface area contributed by atoms with E-state index in [-0.39, 0.29) is 6.03 Å². The molecule has 2 amide bonds. The van der Waals surface area contributed by atoms with E-state index >= 15 is 0 Å². The van der Waals surface area contributed by atoms with E-state index in [0.717, 1.165) is 46.4 Å². The van der Waals surface area contributed by atoms with Crippen LogP contribution in [-0.4, -0.2) is 6.03 Å². The number of para-hydroxylation sites is 1. The van der Waals surface area contributed by atoms with E-state index in [1.54, 1.807) is 0 Å². The molecule has 0 saturated carbocycles. The fraction of sp³-hybridized carbons (Fsp3) is 0.348. The van der Waals surface area contributed by atoms with Gasteiger partial charge in [0.2, 0.25) is 0 Å². The van der Waals surface area contributed by atoms with Gasteiger partial charge in [-0.3, -0.25) is 0 Å². The highest BCUT2D eigenvalue weighted by Crippen LogP contribution is 2.25. The average molecular weight is 351 g/mol. The third-order valence-corrected chi connectivity index (χ3v) is 4.74. The van der Waals surface area contributed by atoms with Gasteiger partial charge in [-0.05, 0) is 61.9 Å². The maximum absolute atomic E-state index is 12.7. The SMILES string of the molecule is C=C(C)c1cccc(C(C)(C)NC(=O)Nc2c(CC)cccc2CC)c1. The van der Waals surface area contributed by atoms with Gasteiger partial charge < -0.3 is 10.6 Å². The summed E-state index contributed by atoms with van der Waals surface area (Å²) < 4.78 is 0. The number of rotatable bonds is 6. The number of carbonyl (C=O) groups is 1. The molecule has 0 unspecified atom stereocenters. The van der Waals surface area contributed by atoms with Crippen molar-refractivity contribution >= 4 is 17.3 Å². The normalized spacial score (nSPS) is 11.1. The highest BCUT2D eigenvalue weighted by atomic mass is 16.2. The molecule has 2 N–H and O–H groups in total. The fourth-order valence-electron chi connectivity index (χ4n) is 3.08. The lowest BCUT2D eigenvalue weighted by molar-refractivity contribution is 0.242. The summed E-state index contributed by atoms with van der Waals surface area (Å²) in [5.41, 5.74) is 5.89. The Balaban J connectivity index is 2.22. The highest BCUT2D eigenvalue weighted by Gasteiger charge is 2.24. The van der Waals surface area contributed by atoms with Gasteiger partial charge in [0.1, 0.15) is 0 Å². The van der Waals surface area contributed by atoms with E-state index in [0.29, 0.717) is 0 Å². The molecule has 0 radical (unpaired) electrons. The second-order valence-corrected chi connectivity index (χ2v) is 7.22. The molecule has 0 heterocycles. The first kappa shape index (κ1) is 19.8. The Morgan fingerprint density at radius 1 is 1.04 bits per heavy atom. The summed E-state index contributed by atoms with van der Waals surface area (Å²) in [7, 11) is 0. The molecule has 0 aliphatic rings. The van der Waals surface area contributed by atoms with E-state index in [1.807, 2.05) is 45.0 Å². The Morgan fingerprint density at radius 2 is 1.62 bits per heavy atom. The molecule has 2 aromatic rings. The number of hydrogen-bond acceptors (Lipinski definition) is 1. The fourth-order valence-corrected chi connectivity index (χ4v) is 3.08. The molecular weight excluding hydrogens is 320 g/mol. The van der Waals surface area contributed by atoms with Gasteiger partial charge in [0.15, 0.2) is 0 Å². The molecule has 3 nitrogen and oxygen atoms in total. The van der Waals surface area contributed by atoms with Crippen LogP contribution in [0.2, 0.25) is 0 Å². The Hall–Kier alpha value is -2.55. The van der Waals surface area contributed by atoms with Crippen LogP contribution in [0, 0.1) is 0 Å². The van der Waals surface area contributed by atoms with Crippen LogP contribution in [0.4, 0.5) is 10.5 Å². The predicted octanol–water partition coefficient (Wildman–Crippen LogP) is 5.90. The van der Waals surface area contributed by atoms with Crippen LogP contribution >= 0.6 is 0 Å². The van der Waals surface area contributed by atoms with Crippen molar-refractivity contribution in [1.82, 2.24) is 5.32 Å². The molecule has 0 spiro atoms. The molecule has 138 valence electrons. The van der Waals surface area contributed by atoms with Gasteiger partial charge in [-0.25, -0.2) is 4.79 Å². The Morgan fingerprint density at radius 3 is 2.15 bits per heavy atom. The van der Waals surface area contributed by atoms with Crippen LogP contribution in [-0.2, 0) is 18.4 Å². The van der Waals surface area contributed by atoms with E-state index in [9.17, 15) is 4.79 Å². The van der Waals surface area contributed by atoms with Gasteiger partial charge in [0.25, 0.3) is 0 Å². The van der Waals surface area contributed by atoms with Gasteiger partial charge in [0.05, 0.1) is 5.54 Å². The first-order chi connectivity index (χ1) is 12.3. The molecule has 2 aromatic carbocycles. The van der Waals surface area contributed by atoms with Gasteiger partial charge in [-0.1, -0.05) is 62.4 Å². The maximum Gasteiger partial charge on any atom is 0.319 e. The average Bonchev–Trinajstić information content (AvgIpc) is 2.61. The molecule has 2 rings (SSSR count). The number of aryl methyl sites for hydroxylation is 2. The standard InChI is InChI=1S/C23H30N2O/c1-7-17-11-9-12-18(8-2)21(17)24-22(26)25-23(5,6)20-14-10-13-19(15-20)16(3)4/h9-15H,3,7-8H2,1-2,4-6H3,(H2,24,25,26). The van der Waals surface area contributed by atoms with Gasteiger partial charge in [0, 0.05) is 5.69 Å². The Bertz CT molecular complexity index is 783. The first-order valence-corrected chi connectivity index (χ1v) is 9.24. The Kier molecular flexibility index (Phi) is 6.25. The van der Waals surface area contributed by atoms with Crippen LogP contribution in [0.3, 0.4) is 0 Å². The number of nitrogens with one attached hydrogen (secondary N) is 2. The molecule has 0 atom stereocenters. The van der Waals surface area contributed by atoms with E-state index in [4.69, 9.17) is 0 Å². The number of amides is 2. The molecule has 0 bridgehead atoms. The number of anilines is 1. The number of hydrogen-bond donors (Lipinski definition) is 2. The zero-order chi connectivity index (χ0) is 19.3. The summed E-state index contributed by atoms with van der Waals surface area (Å²) in [6.07, 6.45) is 1.76. The van der Waals surface area contributed by atoms with Crippen molar-refractivity contribution in [1.29, 1.82) is 0 Å². The lowest BCUT2D eigenvalue weighted by atomic mass is 9.92. The van der Waals surface area contributed by atoms with Crippen LogP contribution in [0.1, 0.15) is 56.9 Å². The zero-order valence-corrected chi connectivity index (χ0v) is 16.6. The quantitative estimate of drug-likeness (QED) is 0.669. The van der Waals surface area contributed by atoms with Crippen LogP contribution < -0.4 is 10.6 Å². The smallest absolute Gasteiger partial charge is 0.319 e. The molecule has 0 fully saturated rings. The predicted molar refractivity (Wildman–Crippen MR) is 112 cm³/mol. The van der Waals surface area contributed by atoms with E-state index in [2.05, 4.69) is 49.3 Å². The number of benzene rings is 2. The Labute approximate surface area is 157 Å². The molecule has 3 heteroatoms. The van der Waals surface area contributed by atoms with Crippen molar-refractivity contribution in [3.8, 4) is 0 Å². The van der Waals surface area contributed by atoms with E-state index < -0.39 is 5.54 Å².